The monoisotopic (exact) mass is 513 g/mol. The molecular weight excluding hydrogens is 494 g/mol. The van der Waals surface area contributed by atoms with Crippen molar-refractivity contribution in [3.63, 3.8) is 0 Å². The van der Waals surface area contributed by atoms with Crippen LogP contribution in [0.15, 0.2) is 42.5 Å². The lowest BCUT2D eigenvalue weighted by molar-refractivity contribution is -0.121. The second kappa shape index (κ2) is 9.88. The van der Waals surface area contributed by atoms with Gasteiger partial charge >= 0.3 is 0 Å². The van der Waals surface area contributed by atoms with Crippen LogP contribution in [0.4, 0.5) is 11.4 Å². The maximum absolute atomic E-state index is 12.9. The van der Waals surface area contributed by atoms with E-state index in [0.29, 0.717) is 53.8 Å². The van der Waals surface area contributed by atoms with Crippen molar-refractivity contribution in [2.75, 3.05) is 30.5 Å². The van der Waals surface area contributed by atoms with Gasteiger partial charge in [-0.25, -0.2) is 0 Å². The van der Waals surface area contributed by atoms with E-state index >= 15 is 0 Å². The van der Waals surface area contributed by atoms with Crippen molar-refractivity contribution >= 4 is 52.0 Å². The molecule has 3 heterocycles. The first-order valence-corrected chi connectivity index (χ1v) is 12.1. The van der Waals surface area contributed by atoms with Gasteiger partial charge in [0.15, 0.2) is 11.5 Å². The molecule has 0 atom stereocenters. The fraction of sp³-hybridized carbons (Fsp3) is 0.261. The van der Waals surface area contributed by atoms with Crippen LogP contribution in [0.2, 0.25) is 5.02 Å². The summed E-state index contributed by atoms with van der Waals surface area (Å²) >= 11 is 6.89. The average molecular weight is 514 g/mol. The lowest BCUT2D eigenvalue weighted by Gasteiger charge is -2.30. The third-order valence-electron chi connectivity index (χ3n) is 5.68. The molecule has 0 bridgehead atoms. The molecule has 5 rings (SSSR count). The Morgan fingerprint density at radius 3 is 2.49 bits per heavy atom. The molecule has 0 saturated carbocycles. The summed E-state index contributed by atoms with van der Waals surface area (Å²) in [6.45, 7) is 0.952. The van der Waals surface area contributed by atoms with E-state index in [0.717, 1.165) is 11.3 Å². The van der Waals surface area contributed by atoms with E-state index < -0.39 is 5.91 Å². The molecule has 1 fully saturated rings. The van der Waals surface area contributed by atoms with Gasteiger partial charge in [0.05, 0.1) is 0 Å². The maximum atomic E-state index is 12.9. The maximum Gasteiger partial charge on any atom is 0.286 e. The normalized spacial score (nSPS) is 15.1. The summed E-state index contributed by atoms with van der Waals surface area (Å²) in [7, 11) is 0. The summed E-state index contributed by atoms with van der Waals surface area (Å²) in [5.74, 6) is 0.0569. The van der Waals surface area contributed by atoms with E-state index in [4.69, 9.17) is 21.1 Å². The molecule has 3 amide bonds. The van der Waals surface area contributed by atoms with Gasteiger partial charge < -0.3 is 25.0 Å². The minimum atomic E-state index is -0.475. The zero-order valence-corrected chi connectivity index (χ0v) is 19.9. The number of carbonyl (C=O) groups is 3. The molecule has 12 heteroatoms. The highest BCUT2D eigenvalue weighted by atomic mass is 35.5. The predicted molar refractivity (Wildman–Crippen MR) is 129 cm³/mol. The zero-order chi connectivity index (χ0) is 24.4. The Labute approximate surface area is 209 Å². The first-order valence-electron chi connectivity index (χ1n) is 10.9. The number of halogens is 1. The summed E-state index contributed by atoms with van der Waals surface area (Å²) < 4.78 is 10.6. The average Bonchev–Trinajstić information content (AvgIpc) is 3.53. The van der Waals surface area contributed by atoms with Gasteiger partial charge in [-0.05, 0) is 43.2 Å². The van der Waals surface area contributed by atoms with Crippen molar-refractivity contribution in [2.45, 2.75) is 12.8 Å². The summed E-state index contributed by atoms with van der Waals surface area (Å²) in [6.07, 6.45) is 1.04. The number of amides is 3. The number of nitrogens with zero attached hydrogens (tertiary/aromatic N) is 3. The molecule has 180 valence electrons. The topological polar surface area (TPSA) is 123 Å². The van der Waals surface area contributed by atoms with Crippen molar-refractivity contribution in [1.29, 1.82) is 0 Å². The Hall–Kier alpha value is -3.70. The molecule has 0 aliphatic carbocycles. The van der Waals surface area contributed by atoms with Crippen molar-refractivity contribution < 1.29 is 23.9 Å². The SMILES string of the molecule is O=C(Nc1ccc2c(c1)OCO2)c1nnc(C(=O)N2CCC(C(=O)Nc3cccc(Cl)c3)CC2)s1. The molecule has 2 N–H and O–H groups in total. The van der Waals surface area contributed by atoms with Crippen LogP contribution in [-0.4, -0.2) is 52.7 Å². The molecule has 2 aliphatic heterocycles. The van der Waals surface area contributed by atoms with Crippen molar-refractivity contribution in [1.82, 2.24) is 15.1 Å². The van der Waals surface area contributed by atoms with E-state index in [1.807, 2.05) is 0 Å². The third kappa shape index (κ3) is 5.20. The number of rotatable bonds is 5. The minimum Gasteiger partial charge on any atom is -0.454 e. The van der Waals surface area contributed by atoms with Gasteiger partial charge in [0.2, 0.25) is 22.7 Å². The van der Waals surface area contributed by atoms with E-state index in [9.17, 15) is 14.4 Å². The molecular formula is C23H20ClN5O5S. The van der Waals surface area contributed by atoms with E-state index in [1.165, 1.54) is 0 Å². The molecule has 0 radical (unpaired) electrons. The molecule has 0 spiro atoms. The van der Waals surface area contributed by atoms with Gasteiger partial charge in [0.25, 0.3) is 11.8 Å². The highest BCUT2D eigenvalue weighted by molar-refractivity contribution is 7.15. The molecule has 1 saturated heterocycles. The van der Waals surface area contributed by atoms with Gasteiger partial charge in [0, 0.05) is 41.5 Å². The summed E-state index contributed by atoms with van der Waals surface area (Å²) in [4.78, 5) is 39.7. The van der Waals surface area contributed by atoms with Gasteiger partial charge in [-0.2, -0.15) is 0 Å². The molecule has 3 aromatic rings. The fourth-order valence-corrected chi connectivity index (χ4v) is 4.75. The Kier molecular flexibility index (Phi) is 6.51. The largest absolute Gasteiger partial charge is 0.454 e. The van der Waals surface area contributed by atoms with Crippen LogP contribution in [0.3, 0.4) is 0 Å². The van der Waals surface area contributed by atoms with Gasteiger partial charge in [-0.1, -0.05) is 29.0 Å². The Bertz CT molecular complexity index is 1290. The number of hydrogen-bond acceptors (Lipinski definition) is 8. The Balaban J connectivity index is 1.15. The Morgan fingerprint density at radius 1 is 0.943 bits per heavy atom. The summed E-state index contributed by atoms with van der Waals surface area (Å²) in [5, 5.41) is 14.1. The number of nitrogens with one attached hydrogen (secondary N) is 2. The molecule has 2 aliphatic rings. The molecule has 1 aromatic heterocycles. The highest BCUT2D eigenvalue weighted by Gasteiger charge is 2.30. The van der Waals surface area contributed by atoms with E-state index in [1.54, 1.807) is 47.4 Å². The highest BCUT2D eigenvalue weighted by Crippen LogP contribution is 2.34. The van der Waals surface area contributed by atoms with Crippen molar-refractivity contribution in [3.8, 4) is 11.5 Å². The quantitative estimate of drug-likeness (QED) is 0.533. The van der Waals surface area contributed by atoms with Crippen LogP contribution < -0.4 is 20.1 Å². The van der Waals surface area contributed by atoms with Crippen LogP contribution >= 0.6 is 22.9 Å². The number of anilines is 2. The second-order valence-electron chi connectivity index (χ2n) is 8.00. The van der Waals surface area contributed by atoms with Crippen LogP contribution in [0, 0.1) is 5.92 Å². The molecule has 2 aromatic carbocycles. The number of hydrogen-bond donors (Lipinski definition) is 2. The lowest BCUT2D eigenvalue weighted by Crippen LogP contribution is -2.41. The van der Waals surface area contributed by atoms with Crippen molar-refractivity contribution in [2.24, 2.45) is 5.92 Å². The standard InChI is InChI=1S/C23H20ClN5O5S/c24-14-2-1-3-15(10-14)25-19(30)13-6-8-29(9-7-13)23(32)22-28-27-21(35-22)20(31)26-16-4-5-17-18(11-16)34-12-33-17/h1-5,10-11,13H,6-9,12H2,(H,25,30)(H,26,31). The van der Waals surface area contributed by atoms with Crippen LogP contribution in [0.1, 0.15) is 32.4 Å². The number of fused-ring (bicyclic) bond motifs is 1. The number of carbonyl (C=O) groups excluding carboxylic acids is 3. The van der Waals surface area contributed by atoms with Crippen LogP contribution in [0.25, 0.3) is 0 Å². The van der Waals surface area contributed by atoms with Crippen LogP contribution in [-0.2, 0) is 4.79 Å². The molecule has 0 unspecified atom stereocenters. The minimum absolute atomic E-state index is 0.0711. The molecule has 10 nitrogen and oxygen atoms in total. The fourth-order valence-electron chi connectivity index (χ4n) is 3.85. The van der Waals surface area contributed by atoms with E-state index in [2.05, 4.69) is 20.8 Å². The number of likely N-dealkylation sites (tertiary alicyclic amines) is 1. The number of ether oxygens (including phenoxy) is 2. The second-order valence-corrected chi connectivity index (χ2v) is 9.41. The van der Waals surface area contributed by atoms with Crippen LogP contribution in [0.5, 0.6) is 11.5 Å². The van der Waals surface area contributed by atoms with Crippen molar-refractivity contribution in [3.05, 3.63) is 57.5 Å². The Morgan fingerprint density at radius 2 is 1.69 bits per heavy atom. The summed E-state index contributed by atoms with van der Waals surface area (Å²) in [5.41, 5.74) is 1.15. The number of aromatic nitrogens is 2. The lowest BCUT2D eigenvalue weighted by atomic mass is 9.95. The predicted octanol–water partition coefficient (Wildman–Crippen LogP) is 3.66. The third-order valence-corrected chi connectivity index (χ3v) is 6.82. The first kappa shape index (κ1) is 23.1. The first-order chi connectivity index (χ1) is 17.0. The molecule has 35 heavy (non-hydrogen) atoms. The van der Waals surface area contributed by atoms with Gasteiger partial charge in [-0.3, -0.25) is 14.4 Å². The number of benzene rings is 2. The summed E-state index contributed by atoms with van der Waals surface area (Å²) in [6, 6.07) is 12.0. The smallest absolute Gasteiger partial charge is 0.286 e. The van der Waals surface area contributed by atoms with Gasteiger partial charge in [0.1, 0.15) is 0 Å². The van der Waals surface area contributed by atoms with Gasteiger partial charge in [-0.15, -0.1) is 10.2 Å². The van der Waals surface area contributed by atoms with E-state index in [-0.39, 0.29) is 34.5 Å². The number of piperidine rings is 1. The zero-order valence-electron chi connectivity index (χ0n) is 18.3.